The van der Waals surface area contributed by atoms with Crippen LogP contribution in [0.1, 0.15) is 0 Å². The number of aromatic nitrogens is 2. The lowest BCUT2D eigenvalue weighted by atomic mass is 10.2. The minimum absolute atomic E-state index is 0.334. The summed E-state index contributed by atoms with van der Waals surface area (Å²) in [6, 6.07) is 1.82. The van der Waals surface area contributed by atoms with Crippen molar-refractivity contribution in [3.8, 4) is 5.88 Å². The summed E-state index contributed by atoms with van der Waals surface area (Å²) in [4.78, 5) is 0. The Morgan fingerprint density at radius 1 is 1.60 bits per heavy atom. The second-order valence-corrected chi connectivity index (χ2v) is 2.32. The van der Waals surface area contributed by atoms with Crippen molar-refractivity contribution in [1.82, 2.24) is 15.5 Å². The summed E-state index contributed by atoms with van der Waals surface area (Å²) in [5.41, 5.74) is 0. The van der Waals surface area contributed by atoms with Crippen LogP contribution in [0.3, 0.4) is 0 Å². The van der Waals surface area contributed by atoms with Crippen molar-refractivity contribution in [3.63, 3.8) is 0 Å². The van der Waals surface area contributed by atoms with Crippen molar-refractivity contribution in [3.05, 3.63) is 12.3 Å². The van der Waals surface area contributed by atoms with Crippen molar-refractivity contribution in [2.75, 3.05) is 13.1 Å². The number of H-pyrrole nitrogens is 1. The van der Waals surface area contributed by atoms with Gasteiger partial charge in [-0.3, -0.25) is 0 Å². The normalized spacial score (nSPS) is 18.4. The molecule has 0 atom stereocenters. The van der Waals surface area contributed by atoms with Gasteiger partial charge in [0.1, 0.15) is 6.10 Å². The van der Waals surface area contributed by atoms with Crippen LogP contribution in [0.25, 0.3) is 0 Å². The smallest absolute Gasteiger partial charge is 0.209 e. The Morgan fingerprint density at radius 2 is 2.50 bits per heavy atom. The Kier molecular flexibility index (Phi) is 1.32. The van der Waals surface area contributed by atoms with Gasteiger partial charge in [-0.1, -0.05) is 0 Å². The van der Waals surface area contributed by atoms with Crippen LogP contribution in [0.5, 0.6) is 5.88 Å². The van der Waals surface area contributed by atoms with E-state index in [0.717, 1.165) is 19.0 Å². The van der Waals surface area contributed by atoms with Gasteiger partial charge < -0.3 is 10.1 Å². The van der Waals surface area contributed by atoms with Gasteiger partial charge in [-0.25, -0.2) is 5.10 Å². The Hall–Kier alpha value is -1.03. The lowest BCUT2D eigenvalue weighted by Gasteiger charge is -2.26. The van der Waals surface area contributed by atoms with E-state index in [1.54, 1.807) is 6.20 Å². The average Bonchev–Trinajstić information content (AvgIpc) is 2.29. The Morgan fingerprint density at radius 3 is 3.00 bits per heavy atom. The largest absolute Gasteiger partial charge is 0.472 e. The van der Waals surface area contributed by atoms with Crippen LogP contribution < -0.4 is 10.1 Å². The highest BCUT2D eigenvalue weighted by Gasteiger charge is 2.18. The quantitative estimate of drug-likeness (QED) is 0.594. The van der Waals surface area contributed by atoms with E-state index < -0.39 is 0 Å². The fourth-order valence-corrected chi connectivity index (χ4v) is 0.834. The molecule has 4 nitrogen and oxygen atoms in total. The van der Waals surface area contributed by atoms with Gasteiger partial charge in [0, 0.05) is 19.2 Å². The molecule has 1 fully saturated rings. The third-order valence-electron chi connectivity index (χ3n) is 1.51. The van der Waals surface area contributed by atoms with Crippen LogP contribution in [0.4, 0.5) is 0 Å². The van der Waals surface area contributed by atoms with Crippen LogP contribution in [0, 0.1) is 0 Å². The molecule has 10 heavy (non-hydrogen) atoms. The predicted molar refractivity (Wildman–Crippen MR) is 35.9 cm³/mol. The highest BCUT2D eigenvalue weighted by molar-refractivity contribution is 5.05. The molecule has 0 aromatic carbocycles. The van der Waals surface area contributed by atoms with Gasteiger partial charge in [0.2, 0.25) is 5.88 Å². The van der Waals surface area contributed by atoms with Gasteiger partial charge in [-0.15, -0.1) is 0 Å². The first-order valence-corrected chi connectivity index (χ1v) is 3.32. The highest BCUT2D eigenvalue weighted by Crippen LogP contribution is 2.07. The van der Waals surface area contributed by atoms with Gasteiger partial charge in [-0.05, 0) is 0 Å². The molecule has 2 N–H and O–H groups in total. The minimum Gasteiger partial charge on any atom is -0.472 e. The molecule has 0 bridgehead atoms. The van der Waals surface area contributed by atoms with Crippen molar-refractivity contribution < 1.29 is 4.74 Å². The summed E-state index contributed by atoms with van der Waals surface area (Å²) in [7, 11) is 0. The fraction of sp³-hybridized carbons (Fsp3) is 0.500. The van der Waals surface area contributed by atoms with Crippen LogP contribution >= 0.6 is 0 Å². The number of hydrogen-bond acceptors (Lipinski definition) is 3. The van der Waals surface area contributed by atoms with Crippen molar-refractivity contribution in [2.24, 2.45) is 0 Å². The number of aromatic amines is 1. The van der Waals surface area contributed by atoms with Gasteiger partial charge >= 0.3 is 0 Å². The van der Waals surface area contributed by atoms with Crippen molar-refractivity contribution in [2.45, 2.75) is 6.10 Å². The molecule has 0 amide bonds. The van der Waals surface area contributed by atoms with E-state index in [0.29, 0.717) is 6.10 Å². The molecule has 2 rings (SSSR count). The molecular weight excluding hydrogens is 130 g/mol. The summed E-state index contributed by atoms with van der Waals surface area (Å²) in [6.45, 7) is 1.89. The first kappa shape index (κ1) is 5.73. The molecule has 54 valence electrons. The number of ether oxygens (including phenoxy) is 1. The zero-order chi connectivity index (χ0) is 6.81. The molecule has 2 heterocycles. The van der Waals surface area contributed by atoms with E-state index in [4.69, 9.17) is 4.74 Å². The van der Waals surface area contributed by atoms with Crippen LogP contribution in [-0.4, -0.2) is 29.4 Å². The minimum atomic E-state index is 0.334. The number of nitrogens with zero attached hydrogens (tertiary/aromatic N) is 1. The van der Waals surface area contributed by atoms with E-state index >= 15 is 0 Å². The maximum absolute atomic E-state index is 5.41. The van der Waals surface area contributed by atoms with Gasteiger partial charge in [0.15, 0.2) is 0 Å². The van der Waals surface area contributed by atoms with Crippen molar-refractivity contribution >= 4 is 0 Å². The lowest BCUT2D eigenvalue weighted by Crippen LogP contribution is -2.50. The molecule has 0 unspecified atom stereocenters. The van der Waals surface area contributed by atoms with E-state index in [1.165, 1.54) is 0 Å². The number of rotatable bonds is 2. The second kappa shape index (κ2) is 2.30. The molecular formula is C6H9N3O. The third-order valence-corrected chi connectivity index (χ3v) is 1.51. The van der Waals surface area contributed by atoms with E-state index in [2.05, 4.69) is 15.5 Å². The standard InChI is InChI=1S/C6H9N3O/c1-2-8-9-6(1)10-5-3-7-4-5/h1-2,5,7H,3-4H2,(H,8,9). The zero-order valence-corrected chi connectivity index (χ0v) is 5.50. The summed E-state index contributed by atoms with van der Waals surface area (Å²) in [5, 5.41) is 9.61. The molecule has 0 saturated carbocycles. The predicted octanol–water partition coefficient (Wildman–Crippen LogP) is -0.240. The fourth-order valence-electron chi connectivity index (χ4n) is 0.834. The zero-order valence-electron chi connectivity index (χ0n) is 5.50. The average molecular weight is 139 g/mol. The van der Waals surface area contributed by atoms with E-state index in [1.807, 2.05) is 6.07 Å². The van der Waals surface area contributed by atoms with Crippen molar-refractivity contribution in [1.29, 1.82) is 0 Å². The molecule has 0 aliphatic carbocycles. The molecule has 1 aromatic heterocycles. The molecule has 0 spiro atoms. The Balaban J connectivity index is 1.90. The van der Waals surface area contributed by atoms with Gasteiger partial charge in [0.25, 0.3) is 0 Å². The lowest BCUT2D eigenvalue weighted by molar-refractivity contribution is 0.136. The first-order valence-electron chi connectivity index (χ1n) is 3.32. The van der Waals surface area contributed by atoms with E-state index in [9.17, 15) is 0 Å². The molecule has 4 heteroatoms. The molecule has 1 aromatic rings. The third kappa shape index (κ3) is 0.974. The topological polar surface area (TPSA) is 49.9 Å². The second-order valence-electron chi connectivity index (χ2n) is 2.32. The summed E-state index contributed by atoms with van der Waals surface area (Å²) in [6.07, 6.45) is 2.02. The maximum Gasteiger partial charge on any atom is 0.209 e. The summed E-state index contributed by atoms with van der Waals surface area (Å²) >= 11 is 0. The monoisotopic (exact) mass is 139 g/mol. The first-order chi connectivity index (χ1) is 4.95. The molecule has 1 saturated heterocycles. The number of hydrogen-bond donors (Lipinski definition) is 2. The molecule has 1 aliphatic heterocycles. The molecule has 0 radical (unpaired) electrons. The van der Waals surface area contributed by atoms with Crippen LogP contribution in [0.2, 0.25) is 0 Å². The summed E-state index contributed by atoms with van der Waals surface area (Å²) < 4.78 is 5.41. The summed E-state index contributed by atoms with van der Waals surface area (Å²) in [5.74, 6) is 0.756. The maximum atomic E-state index is 5.41. The molecule has 1 aliphatic rings. The Labute approximate surface area is 58.6 Å². The SMILES string of the molecule is c1cc(OC2CNC2)[nH]n1. The van der Waals surface area contributed by atoms with Crippen LogP contribution in [0.15, 0.2) is 12.3 Å². The number of nitrogens with one attached hydrogen (secondary N) is 2. The van der Waals surface area contributed by atoms with E-state index in [-0.39, 0.29) is 0 Å². The van der Waals surface area contributed by atoms with Crippen LogP contribution in [-0.2, 0) is 0 Å². The highest BCUT2D eigenvalue weighted by atomic mass is 16.5. The van der Waals surface area contributed by atoms with Gasteiger partial charge in [-0.2, -0.15) is 5.10 Å². The Bertz CT molecular complexity index is 193. The van der Waals surface area contributed by atoms with Gasteiger partial charge in [0.05, 0.1) is 6.20 Å².